The van der Waals surface area contributed by atoms with Gasteiger partial charge in [-0.2, -0.15) is 0 Å². The van der Waals surface area contributed by atoms with Crippen molar-refractivity contribution >= 4 is 5.91 Å². The second kappa shape index (κ2) is 18.3. The van der Waals surface area contributed by atoms with Crippen molar-refractivity contribution in [3.63, 3.8) is 0 Å². The van der Waals surface area contributed by atoms with Crippen LogP contribution in [-0.4, -0.2) is 23.9 Å². The van der Waals surface area contributed by atoms with E-state index in [1.165, 1.54) is 64.2 Å². The van der Waals surface area contributed by atoms with Crippen molar-refractivity contribution in [2.24, 2.45) is 17.8 Å². The van der Waals surface area contributed by atoms with Gasteiger partial charge >= 0.3 is 0 Å². The number of amides is 1. The van der Waals surface area contributed by atoms with Gasteiger partial charge in [0.2, 0.25) is 5.91 Å². The second-order valence-corrected chi connectivity index (χ2v) is 8.70. The summed E-state index contributed by atoms with van der Waals surface area (Å²) in [5.41, 5.74) is 0. The monoisotopic (exact) mass is 393 g/mol. The van der Waals surface area contributed by atoms with Gasteiger partial charge in [0, 0.05) is 13.1 Å². The third-order valence-electron chi connectivity index (χ3n) is 6.22. The van der Waals surface area contributed by atoms with E-state index < -0.39 is 0 Å². The lowest BCUT2D eigenvalue weighted by Gasteiger charge is -2.33. The van der Waals surface area contributed by atoms with Gasteiger partial charge in [-0.3, -0.25) is 4.79 Å². The summed E-state index contributed by atoms with van der Waals surface area (Å²) in [4.78, 5) is 15.8. The van der Waals surface area contributed by atoms with Gasteiger partial charge in [0.05, 0.1) is 5.92 Å². The van der Waals surface area contributed by atoms with Crippen molar-refractivity contribution in [1.82, 2.24) is 4.90 Å². The van der Waals surface area contributed by atoms with Crippen LogP contribution in [-0.2, 0) is 4.79 Å². The summed E-state index contributed by atoms with van der Waals surface area (Å²) in [6.45, 7) is 15.3. The van der Waals surface area contributed by atoms with E-state index in [-0.39, 0.29) is 5.92 Å². The van der Waals surface area contributed by atoms with Gasteiger partial charge in [0.1, 0.15) is 0 Å². The molecule has 0 aliphatic carbocycles. The Balaban J connectivity index is 5.29. The van der Waals surface area contributed by atoms with E-state index in [0.29, 0.717) is 17.7 Å². The van der Waals surface area contributed by atoms with Crippen LogP contribution in [0.25, 0.3) is 0 Å². The minimum Gasteiger partial charge on any atom is -0.342 e. The zero-order chi connectivity index (χ0) is 21.2. The van der Waals surface area contributed by atoms with E-state index >= 15 is 0 Å². The molecule has 0 fully saturated rings. The molecule has 0 N–H and O–H groups in total. The minimum atomic E-state index is 0.0731. The Bertz CT molecular complexity index is 372. The Morgan fingerprint density at radius 2 is 1.25 bits per heavy atom. The largest absolute Gasteiger partial charge is 0.342 e. The van der Waals surface area contributed by atoms with Crippen molar-refractivity contribution in [2.45, 2.75) is 119 Å². The first-order chi connectivity index (χ1) is 13.6. The van der Waals surface area contributed by atoms with Crippen molar-refractivity contribution in [3.05, 3.63) is 12.2 Å². The average molecular weight is 394 g/mol. The summed E-state index contributed by atoms with van der Waals surface area (Å²) in [6.07, 6.45) is 18.8. The van der Waals surface area contributed by atoms with Crippen LogP contribution in [0.3, 0.4) is 0 Å². The highest BCUT2D eigenvalue weighted by Crippen LogP contribution is 2.23. The molecule has 3 unspecified atom stereocenters. The molecule has 0 saturated heterocycles. The van der Waals surface area contributed by atoms with E-state index in [0.717, 1.165) is 25.9 Å². The number of carbonyl (C=O) groups excluding carboxylic acids is 1. The molecule has 2 heteroatoms. The number of carbonyl (C=O) groups is 1. The van der Waals surface area contributed by atoms with E-state index in [9.17, 15) is 4.79 Å². The van der Waals surface area contributed by atoms with Crippen LogP contribution in [0.1, 0.15) is 119 Å². The molecule has 1 amide bonds. The standard InChI is InChI=1S/C26H51NO/c1-7-13-16-20-25(17-10-4)26(28)27(21-23(11-5)18-14-8-2)22-24(12-6)19-15-9-3/h10,17,23-25H,7-9,11-16,18-22H2,1-6H3/b17-10-. The van der Waals surface area contributed by atoms with E-state index in [1.807, 2.05) is 0 Å². The van der Waals surface area contributed by atoms with Gasteiger partial charge in [0.15, 0.2) is 0 Å². The molecule has 28 heavy (non-hydrogen) atoms. The van der Waals surface area contributed by atoms with E-state index in [1.54, 1.807) is 0 Å². The summed E-state index contributed by atoms with van der Waals surface area (Å²) in [6, 6.07) is 0. The summed E-state index contributed by atoms with van der Waals surface area (Å²) in [5.74, 6) is 1.76. The molecule has 0 heterocycles. The van der Waals surface area contributed by atoms with Gasteiger partial charge < -0.3 is 4.90 Å². The molecule has 0 radical (unpaired) electrons. The highest BCUT2D eigenvalue weighted by molar-refractivity contribution is 5.80. The lowest BCUT2D eigenvalue weighted by molar-refractivity contribution is -0.135. The van der Waals surface area contributed by atoms with E-state index in [4.69, 9.17) is 0 Å². The molecule has 0 aliphatic heterocycles. The Kier molecular flexibility index (Phi) is 17.7. The number of nitrogens with zero attached hydrogens (tertiary/aromatic N) is 1. The third kappa shape index (κ3) is 11.9. The summed E-state index contributed by atoms with van der Waals surface area (Å²) < 4.78 is 0. The minimum absolute atomic E-state index is 0.0731. The topological polar surface area (TPSA) is 20.3 Å². The molecule has 0 bridgehead atoms. The predicted molar refractivity (Wildman–Crippen MR) is 126 cm³/mol. The van der Waals surface area contributed by atoms with Crippen LogP contribution in [0, 0.1) is 17.8 Å². The number of hydrogen-bond acceptors (Lipinski definition) is 1. The van der Waals surface area contributed by atoms with Crippen molar-refractivity contribution < 1.29 is 4.79 Å². The van der Waals surface area contributed by atoms with Crippen molar-refractivity contribution in [2.75, 3.05) is 13.1 Å². The molecular weight excluding hydrogens is 342 g/mol. The Hall–Kier alpha value is -0.790. The maximum absolute atomic E-state index is 13.6. The number of rotatable bonds is 18. The normalized spacial score (nSPS) is 14.9. The van der Waals surface area contributed by atoms with Gasteiger partial charge in [-0.05, 0) is 38.0 Å². The molecule has 0 rings (SSSR count). The van der Waals surface area contributed by atoms with Crippen LogP contribution in [0.2, 0.25) is 0 Å². The number of hydrogen-bond donors (Lipinski definition) is 0. The highest BCUT2D eigenvalue weighted by atomic mass is 16.2. The molecule has 0 saturated carbocycles. The lowest BCUT2D eigenvalue weighted by Crippen LogP contribution is -2.42. The second-order valence-electron chi connectivity index (χ2n) is 8.70. The molecule has 0 spiro atoms. The first-order valence-electron chi connectivity index (χ1n) is 12.5. The Labute approximate surface area is 177 Å². The maximum atomic E-state index is 13.6. The fourth-order valence-electron chi connectivity index (χ4n) is 4.10. The molecule has 0 aliphatic rings. The molecule has 3 atom stereocenters. The highest BCUT2D eigenvalue weighted by Gasteiger charge is 2.26. The fraction of sp³-hybridized carbons (Fsp3) is 0.885. The van der Waals surface area contributed by atoms with Gasteiger partial charge in [0.25, 0.3) is 0 Å². The quantitative estimate of drug-likeness (QED) is 0.170. The first kappa shape index (κ1) is 27.2. The Morgan fingerprint density at radius 3 is 1.64 bits per heavy atom. The van der Waals surface area contributed by atoms with Crippen LogP contribution in [0.5, 0.6) is 0 Å². The van der Waals surface area contributed by atoms with Crippen molar-refractivity contribution in [1.29, 1.82) is 0 Å². The molecular formula is C26H51NO. The van der Waals surface area contributed by atoms with Crippen LogP contribution in [0.15, 0.2) is 12.2 Å². The summed E-state index contributed by atoms with van der Waals surface area (Å²) >= 11 is 0. The third-order valence-corrected chi connectivity index (χ3v) is 6.22. The molecule has 166 valence electrons. The maximum Gasteiger partial charge on any atom is 0.229 e. The van der Waals surface area contributed by atoms with E-state index in [2.05, 4.69) is 58.6 Å². The van der Waals surface area contributed by atoms with Crippen LogP contribution in [0.4, 0.5) is 0 Å². The molecule has 0 aromatic heterocycles. The predicted octanol–water partition coefficient (Wildman–Crippen LogP) is 8.02. The molecule has 0 aromatic carbocycles. The smallest absolute Gasteiger partial charge is 0.229 e. The van der Waals surface area contributed by atoms with Crippen molar-refractivity contribution in [3.8, 4) is 0 Å². The zero-order valence-corrected chi connectivity index (χ0v) is 20.1. The van der Waals surface area contributed by atoms with Crippen LogP contribution < -0.4 is 0 Å². The van der Waals surface area contributed by atoms with Gasteiger partial charge in [-0.1, -0.05) is 105 Å². The first-order valence-corrected chi connectivity index (χ1v) is 12.5. The summed E-state index contributed by atoms with van der Waals surface area (Å²) in [5, 5.41) is 0. The number of unbranched alkanes of at least 4 members (excludes halogenated alkanes) is 4. The average Bonchev–Trinajstić information content (AvgIpc) is 2.71. The molecule has 0 aromatic rings. The lowest BCUT2D eigenvalue weighted by atomic mass is 9.93. The number of allylic oxidation sites excluding steroid dienone is 1. The van der Waals surface area contributed by atoms with Crippen LogP contribution >= 0.6 is 0 Å². The zero-order valence-electron chi connectivity index (χ0n) is 20.1. The Morgan fingerprint density at radius 1 is 0.750 bits per heavy atom. The SMILES string of the molecule is C/C=C\C(CCCCC)C(=O)N(CC(CC)CCCC)CC(CC)CCCC. The molecule has 2 nitrogen and oxygen atoms in total. The summed E-state index contributed by atoms with van der Waals surface area (Å²) in [7, 11) is 0. The fourth-order valence-corrected chi connectivity index (χ4v) is 4.10. The van der Waals surface area contributed by atoms with Gasteiger partial charge in [-0.15, -0.1) is 0 Å². The van der Waals surface area contributed by atoms with Gasteiger partial charge in [-0.25, -0.2) is 0 Å².